The first-order valence-corrected chi connectivity index (χ1v) is 10.4. The molecule has 0 spiro atoms. The Hall–Kier alpha value is -2.77. The molecule has 0 radical (unpaired) electrons. The van der Waals surface area contributed by atoms with Gasteiger partial charge in [0.2, 0.25) is 23.6 Å². The summed E-state index contributed by atoms with van der Waals surface area (Å²) in [7, 11) is 0. The topological polar surface area (TPSA) is 240 Å². The van der Waals surface area contributed by atoms with Crippen molar-refractivity contribution in [1.82, 2.24) is 16.0 Å². The number of carboxylic acids is 1. The molecule has 0 aliphatic rings. The van der Waals surface area contributed by atoms with Crippen molar-refractivity contribution in [2.24, 2.45) is 23.1 Å². The number of amides is 4. The first kappa shape index (κ1) is 29.2. The molecule has 11 N–H and O–H groups in total. The summed E-state index contributed by atoms with van der Waals surface area (Å²) < 4.78 is 0. The standard InChI is InChI=1S/C19H36N6O7/c1-9(2)14(24-16(28)11(21)6-4-5-7-20)17(29)25-15(10(3)26)18(30)23-12(19(31)32)8-13(22)27/h9-12,14-15,26H,4-8,20-21H2,1-3H3,(H2,22,27)(H,23,30)(H,24,28)(H,25,29)(H,31,32). The molecule has 0 aromatic heterocycles. The van der Waals surface area contributed by atoms with Crippen LogP contribution in [-0.2, 0) is 24.0 Å². The van der Waals surface area contributed by atoms with Gasteiger partial charge in [-0.25, -0.2) is 4.79 Å². The highest BCUT2D eigenvalue weighted by molar-refractivity contribution is 5.95. The Labute approximate surface area is 186 Å². The van der Waals surface area contributed by atoms with Crippen LogP contribution in [0.3, 0.4) is 0 Å². The molecule has 4 amide bonds. The minimum atomic E-state index is -1.63. The fourth-order valence-electron chi connectivity index (χ4n) is 2.75. The van der Waals surface area contributed by atoms with Gasteiger partial charge in [-0.2, -0.15) is 0 Å². The second-order valence-corrected chi connectivity index (χ2v) is 7.92. The summed E-state index contributed by atoms with van der Waals surface area (Å²) in [5.74, 6) is -5.22. The highest BCUT2D eigenvalue weighted by Gasteiger charge is 2.34. The number of aliphatic hydroxyl groups excluding tert-OH is 1. The van der Waals surface area contributed by atoms with E-state index in [4.69, 9.17) is 22.3 Å². The van der Waals surface area contributed by atoms with Gasteiger partial charge in [-0.3, -0.25) is 19.2 Å². The Kier molecular flexibility index (Phi) is 13.1. The molecule has 0 saturated carbocycles. The number of rotatable bonds is 15. The monoisotopic (exact) mass is 460 g/mol. The lowest BCUT2D eigenvalue weighted by Gasteiger charge is -2.28. The van der Waals surface area contributed by atoms with Gasteiger partial charge in [-0.05, 0) is 32.2 Å². The third-order valence-corrected chi connectivity index (χ3v) is 4.64. The number of unbranched alkanes of at least 4 members (excludes halogenated alkanes) is 1. The summed E-state index contributed by atoms with van der Waals surface area (Å²) in [6.07, 6.45) is -0.361. The molecule has 0 aromatic carbocycles. The number of nitrogens with one attached hydrogen (secondary N) is 3. The molecule has 0 saturated heterocycles. The van der Waals surface area contributed by atoms with Crippen LogP contribution in [0, 0.1) is 5.92 Å². The molecule has 13 nitrogen and oxygen atoms in total. The Balaban J connectivity index is 5.27. The van der Waals surface area contributed by atoms with Crippen molar-refractivity contribution in [3.63, 3.8) is 0 Å². The van der Waals surface area contributed by atoms with Crippen LogP contribution in [-0.4, -0.2) is 76.6 Å². The van der Waals surface area contributed by atoms with Crippen molar-refractivity contribution in [3.8, 4) is 0 Å². The molecule has 32 heavy (non-hydrogen) atoms. The van der Waals surface area contributed by atoms with E-state index in [1.165, 1.54) is 6.92 Å². The molecule has 184 valence electrons. The maximum atomic E-state index is 12.8. The minimum absolute atomic E-state index is 0.380. The smallest absolute Gasteiger partial charge is 0.326 e. The van der Waals surface area contributed by atoms with Crippen molar-refractivity contribution in [1.29, 1.82) is 0 Å². The number of carbonyl (C=O) groups is 5. The van der Waals surface area contributed by atoms with E-state index in [-0.39, 0.29) is 0 Å². The second kappa shape index (κ2) is 14.3. The summed E-state index contributed by atoms with van der Waals surface area (Å²) in [5, 5.41) is 26.0. The van der Waals surface area contributed by atoms with Gasteiger partial charge in [-0.1, -0.05) is 20.3 Å². The number of primary amides is 1. The number of carbonyl (C=O) groups excluding carboxylic acids is 4. The first-order valence-electron chi connectivity index (χ1n) is 10.4. The van der Waals surface area contributed by atoms with Crippen LogP contribution < -0.4 is 33.2 Å². The maximum absolute atomic E-state index is 12.8. The SMILES string of the molecule is CC(C)C(NC(=O)C(N)CCCCN)C(=O)NC(C(=O)NC(CC(N)=O)C(=O)O)C(C)O. The maximum Gasteiger partial charge on any atom is 0.326 e. The molecule has 0 aliphatic carbocycles. The van der Waals surface area contributed by atoms with Crippen LogP contribution in [0.5, 0.6) is 0 Å². The highest BCUT2D eigenvalue weighted by atomic mass is 16.4. The lowest BCUT2D eigenvalue weighted by atomic mass is 10.0. The van der Waals surface area contributed by atoms with E-state index in [0.29, 0.717) is 25.8 Å². The van der Waals surface area contributed by atoms with E-state index in [1.54, 1.807) is 13.8 Å². The number of aliphatic carboxylic acids is 1. The van der Waals surface area contributed by atoms with Crippen molar-refractivity contribution < 1.29 is 34.2 Å². The van der Waals surface area contributed by atoms with Crippen molar-refractivity contribution in [2.75, 3.05) is 6.54 Å². The van der Waals surface area contributed by atoms with E-state index < -0.39 is 72.2 Å². The molecule has 0 fully saturated rings. The van der Waals surface area contributed by atoms with Gasteiger partial charge in [0.15, 0.2) is 0 Å². The Morgan fingerprint density at radius 2 is 1.41 bits per heavy atom. The number of nitrogens with two attached hydrogens (primary N) is 3. The zero-order valence-electron chi connectivity index (χ0n) is 18.7. The van der Waals surface area contributed by atoms with Gasteiger partial charge in [-0.15, -0.1) is 0 Å². The van der Waals surface area contributed by atoms with E-state index in [0.717, 1.165) is 0 Å². The molecule has 0 heterocycles. The van der Waals surface area contributed by atoms with Gasteiger partial charge >= 0.3 is 5.97 Å². The fraction of sp³-hybridized carbons (Fsp3) is 0.737. The lowest BCUT2D eigenvalue weighted by molar-refractivity contribution is -0.144. The number of hydrogen-bond donors (Lipinski definition) is 8. The van der Waals surface area contributed by atoms with Crippen LogP contribution in [0.4, 0.5) is 0 Å². The molecule has 5 unspecified atom stereocenters. The van der Waals surface area contributed by atoms with Gasteiger partial charge in [0.25, 0.3) is 0 Å². The van der Waals surface area contributed by atoms with Crippen LogP contribution >= 0.6 is 0 Å². The molecule has 5 atom stereocenters. The molecule has 0 rings (SSSR count). The van der Waals surface area contributed by atoms with Crippen molar-refractivity contribution in [2.45, 2.75) is 76.7 Å². The predicted molar refractivity (Wildman–Crippen MR) is 115 cm³/mol. The molecule has 13 heteroatoms. The van der Waals surface area contributed by atoms with E-state index in [9.17, 15) is 29.1 Å². The lowest BCUT2D eigenvalue weighted by Crippen LogP contribution is -2.61. The second-order valence-electron chi connectivity index (χ2n) is 7.92. The van der Waals surface area contributed by atoms with Crippen LogP contribution in [0.2, 0.25) is 0 Å². The Morgan fingerprint density at radius 1 is 0.875 bits per heavy atom. The third-order valence-electron chi connectivity index (χ3n) is 4.64. The number of aliphatic hydroxyl groups is 1. The molecular formula is C19H36N6O7. The summed E-state index contributed by atoms with van der Waals surface area (Å²) in [6, 6.07) is -5.10. The summed E-state index contributed by atoms with van der Waals surface area (Å²) in [6.45, 7) is 5.01. The molecule has 0 aliphatic heterocycles. The largest absolute Gasteiger partial charge is 0.480 e. The van der Waals surface area contributed by atoms with Gasteiger partial charge in [0.1, 0.15) is 18.1 Å². The average Bonchev–Trinajstić information content (AvgIpc) is 2.68. The number of carboxylic acid groups (broad SMARTS) is 1. The molecule has 0 aromatic rings. The van der Waals surface area contributed by atoms with Gasteiger partial charge in [0.05, 0.1) is 18.6 Å². The van der Waals surface area contributed by atoms with Crippen molar-refractivity contribution in [3.05, 3.63) is 0 Å². The average molecular weight is 461 g/mol. The highest BCUT2D eigenvalue weighted by Crippen LogP contribution is 2.06. The van der Waals surface area contributed by atoms with E-state index in [2.05, 4.69) is 16.0 Å². The van der Waals surface area contributed by atoms with E-state index >= 15 is 0 Å². The quantitative estimate of drug-likeness (QED) is 0.115. The van der Waals surface area contributed by atoms with Gasteiger partial charge < -0.3 is 43.4 Å². The summed E-state index contributed by atoms with van der Waals surface area (Å²) in [4.78, 5) is 59.8. The number of hydrogen-bond acceptors (Lipinski definition) is 8. The van der Waals surface area contributed by atoms with Gasteiger partial charge in [0, 0.05) is 0 Å². The Morgan fingerprint density at radius 3 is 1.84 bits per heavy atom. The normalized spacial score (nSPS) is 15.7. The van der Waals surface area contributed by atoms with Crippen LogP contribution in [0.15, 0.2) is 0 Å². The summed E-state index contributed by atoms with van der Waals surface area (Å²) >= 11 is 0. The Bertz CT molecular complexity index is 671. The van der Waals surface area contributed by atoms with E-state index in [1.807, 2.05) is 0 Å². The van der Waals surface area contributed by atoms with Crippen molar-refractivity contribution >= 4 is 29.6 Å². The first-order chi connectivity index (χ1) is 14.8. The van der Waals surface area contributed by atoms with Crippen LogP contribution in [0.1, 0.15) is 46.5 Å². The minimum Gasteiger partial charge on any atom is -0.480 e. The molecule has 0 bridgehead atoms. The molecular weight excluding hydrogens is 424 g/mol. The zero-order chi connectivity index (χ0) is 25.0. The third kappa shape index (κ3) is 10.5. The fourth-order valence-corrected chi connectivity index (χ4v) is 2.75. The summed E-state index contributed by atoms with van der Waals surface area (Å²) in [5.41, 5.74) is 16.2. The van der Waals surface area contributed by atoms with Crippen LogP contribution in [0.25, 0.3) is 0 Å². The zero-order valence-corrected chi connectivity index (χ0v) is 18.7. The predicted octanol–water partition coefficient (Wildman–Crippen LogP) is -3.11.